The first-order valence-electron chi connectivity index (χ1n) is 3.70. The zero-order valence-electron chi connectivity index (χ0n) is 5.93. The van der Waals surface area contributed by atoms with Crippen LogP contribution in [0.3, 0.4) is 0 Å². The molecule has 2 unspecified atom stereocenters. The molecule has 1 saturated heterocycles. The van der Waals surface area contributed by atoms with Crippen molar-refractivity contribution in [3.05, 3.63) is 0 Å². The van der Waals surface area contributed by atoms with E-state index in [-0.39, 0.29) is 0 Å². The quantitative estimate of drug-likeness (QED) is 0.560. The maximum Gasteiger partial charge on any atom is 0.00778 e. The van der Waals surface area contributed by atoms with Crippen LogP contribution in [0.5, 0.6) is 0 Å². The Morgan fingerprint density at radius 1 is 1.78 bits per heavy atom. The highest BCUT2D eigenvalue weighted by molar-refractivity contribution is 7.80. The molecule has 1 heterocycles. The van der Waals surface area contributed by atoms with Crippen LogP contribution in [0.15, 0.2) is 0 Å². The summed E-state index contributed by atoms with van der Waals surface area (Å²) in [6, 6.07) is 0.762. The molecule has 1 N–H and O–H groups in total. The molecule has 0 aromatic rings. The SMILES string of the molecule is CC(S)CC1CCCN1. The number of thiol groups is 1. The van der Waals surface area contributed by atoms with Crippen LogP contribution in [0, 0.1) is 0 Å². The number of nitrogens with one attached hydrogen (secondary N) is 1. The molecule has 0 saturated carbocycles. The second-order valence-electron chi connectivity index (χ2n) is 2.88. The lowest BCUT2D eigenvalue weighted by Crippen LogP contribution is -2.23. The average molecular weight is 145 g/mol. The summed E-state index contributed by atoms with van der Waals surface area (Å²) in [5.41, 5.74) is 0. The number of rotatable bonds is 2. The summed E-state index contributed by atoms with van der Waals surface area (Å²) in [4.78, 5) is 0. The first-order chi connectivity index (χ1) is 4.29. The summed E-state index contributed by atoms with van der Waals surface area (Å²) in [6.07, 6.45) is 3.93. The fourth-order valence-corrected chi connectivity index (χ4v) is 1.62. The Morgan fingerprint density at radius 3 is 3.00 bits per heavy atom. The van der Waals surface area contributed by atoms with Gasteiger partial charge in [-0.1, -0.05) is 6.92 Å². The largest absolute Gasteiger partial charge is 0.314 e. The van der Waals surface area contributed by atoms with Gasteiger partial charge in [-0.2, -0.15) is 12.6 Å². The van der Waals surface area contributed by atoms with E-state index in [2.05, 4.69) is 24.9 Å². The van der Waals surface area contributed by atoms with Gasteiger partial charge in [-0.15, -0.1) is 0 Å². The molecule has 0 bridgehead atoms. The lowest BCUT2D eigenvalue weighted by molar-refractivity contribution is 0.559. The van der Waals surface area contributed by atoms with E-state index in [4.69, 9.17) is 0 Å². The van der Waals surface area contributed by atoms with Crippen LogP contribution in [0.4, 0.5) is 0 Å². The minimum Gasteiger partial charge on any atom is -0.314 e. The standard InChI is InChI=1S/C7H15NS/c1-6(9)5-7-3-2-4-8-7/h6-9H,2-5H2,1H3. The molecule has 0 aromatic carbocycles. The van der Waals surface area contributed by atoms with E-state index in [9.17, 15) is 0 Å². The van der Waals surface area contributed by atoms with Crippen molar-refractivity contribution in [2.75, 3.05) is 6.54 Å². The highest BCUT2D eigenvalue weighted by atomic mass is 32.1. The second-order valence-corrected chi connectivity index (χ2v) is 3.76. The van der Waals surface area contributed by atoms with Gasteiger partial charge in [0, 0.05) is 11.3 Å². The van der Waals surface area contributed by atoms with Gasteiger partial charge in [0.15, 0.2) is 0 Å². The van der Waals surface area contributed by atoms with Crippen molar-refractivity contribution >= 4 is 12.6 Å². The highest BCUT2D eigenvalue weighted by Gasteiger charge is 2.14. The van der Waals surface area contributed by atoms with Gasteiger partial charge in [-0.3, -0.25) is 0 Å². The molecule has 54 valence electrons. The molecule has 1 aliphatic rings. The van der Waals surface area contributed by atoms with Gasteiger partial charge in [0.25, 0.3) is 0 Å². The Hall–Kier alpha value is 0.310. The van der Waals surface area contributed by atoms with Crippen molar-refractivity contribution in [1.29, 1.82) is 0 Å². The van der Waals surface area contributed by atoms with Gasteiger partial charge in [-0.25, -0.2) is 0 Å². The first kappa shape index (κ1) is 7.42. The van der Waals surface area contributed by atoms with E-state index < -0.39 is 0 Å². The van der Waals surface area contributed by atoms with Gasteiger partial charge >= 0.3 is 0 Å². The summed E-state index contributed by atoms with van der Waals surface area (Å²) in [5.74, 6) is 0. The number of hydrogen-bond acceptors (Lipinski definition) is 2. The summed E-state index contributed by atoms with van der Waals surface area (Å²) in [6.45, 7) is 3.37. The third-order valence-corrected chi connectivity index (χ3v) is 2.00. The van der Waals surface area contributed by atoms with Gasteiger partial charge < -0.3 is 5.32 Å². The third kappa shape index (κ3) is 2.59. The van der Waals surface area contributed by atoms with Crippen LogP contribution in [-0.2, 0) is 0 Å². The van der Waals surface area contributed by atoms with Gasteiger partial charge in [-0.05, 0) is 25.8 Å². The van der Waals surface area contributed by atoms with Crippen molar-refractivity contribution in [2.45, 2.75) is 37.5 Å². The molecular formula is C7H15NS. The summed E-state index contributed by atoms with van der Waals surface area (Å²) < 4.78 is 0. The molecule has 9 heavy (non-hydrogen) atoms. The molecule has 1 rings (SSSR count). The van der Waals surface area contributed by atoms with Crippen LogP contribution in [0.25, 0.3) is 0 Å². The fourth-order valence-electron chi connectivity index (χ4n) is 1.37. The van der Waals surface area contributed by atoms with Crippen molar-refractivity contribution in [3.63, 3.8) is 0 Å². The average Bonchev–Trinajstić information content (AvgIpc) is 2.15. The van der Waals surface area contributed by atoms with E-state index in [1.165, 1.54) is 25.8 Å². The Labute approximate surface area is 62.6 Å². The van der Waals surface area contributed by atoms with Crippen LogP contribution < -0.4 is 5.32 Å². The monoisotopic (exact) mass is 145 g/mol. The molecule has 1 fully saturated rings. The Bertz CT molecular complexity index is 77.0. The molecule has 0 aromatic heterocycles. The van der Waals surface area contributed by atoms with Gasteiger partial charge in [0.05, 0.1) is 0 Å². The van der Waals surface area contributed by atoms with E-state index in [1.54, 1.807) is 0 Å². The van der Waals surface area contributed by atoms with E-state index >= 15 is 0 Å². The second kappa shape index (κ2) is 3.47. The number of hydrogen-bond donors (Lipinski definition) is 2. The molecule has 0 spiro atoms. The summed E-state index contributed by atoms with van der Waals surface area (Å²) >= 11 is 4.33. The van der Waals surface area contributed by atoms with E-state index in [1.807, 2.05) is 0 Å². The molecule has 2 heteroatoms. The first-order valence-corrected chi connectivity index (χ1v) is 4.22. The normalized spacial score (nSPS) is 30.7. The van der Waals surface area contributed by atoms with Crippen LogP contribution in [0.2, 0.25) is 0 Å². The zero-order valence-corrected chi connectivity index (χ0v) is 6.82. The van der Waals surface area contributed by atoms with Crippen LogP contribution >= 0.6 is 12.6 Å². The molecule has 0 amide bonds. The van der Waals surface area contributed by atoms with Crippen molar-refractivity contribution in [2.24, 2.45) is 0 Å². The lowest BCUT2D eigenvalue weighted by atomic mass is 10.1. The van der Waals surface area contributed by atoms with E-state index in [0.29, 0.717) is 5.25 Å². The van der Waals surface area contributed by atoms with Crippen LogP contribution in [0.1, 0.15) is 26.2 Å². The molecule has 0 radical (unpaired) electrons. The summed E-state index contributed by atoms with van der Waals surface area (Å²) in [7, 11) is 0. The minimum absolute atomic E-state index is 0.556. The fraction of sp³-hybridized carbons (Fsp3) is 1.00. The minimum atomic E-state index is 0.556. The molecular weight excluding hydrogens is 130 g/mol. The summed E-state index contributed by atoms with van der Waals surface area (Å²) in [5, 5.41) is 4.00. The van der Waals surface area contributed by atoms with Gasteiger partial charge in [0.1, 0.15) is 0 Å². The molecule has 2 atom stereocenters. The van der Waals surface area contributed by atoms with Crippen molar-refractivity contribution in [1.82, 2.24) is 5.32 Å². The predicted octanol–water partition coefficient (Wildman–Crippen LogP) is 1.45. The smallest absolute Gasteiger partial charge is 0.00778 e. The predicted molar refractivity (Wildman–Crippen MR) is 44.1 cm³/mol. The van der Waals surface area contributed by atoms with Crippen molar-refractivity contribution in [3.8, 4) is 0 Å². The van der Waals surface area contributed by atoms with Crippen molar-refractivity contribution < 1.29 is 0 Å². The highest BCUT2D eigenvalue weighted by Crippen LogP contribution is 2.12. The lowest BCUT2D eigenvalue weighted by Gasteiger charge is -2.10. The molecule has 0 aliphatic carbocycles. The van der Waals surface area contributed by atoms with Gasteiger partial charge in [0.2, 0.25) is 0 Å². The van der Waals surface area contributed by atoms with Crippen LogP contribution in [-0.4, -0.2) is 17.8 Å². The van der Waals surface area contributed by atoms with E-state index in [0.717, 1.165) is 6.04 Å². The molecule has 1 aliphatic heterocycles. The third-order valence-electron chi connectivity index (χ3n) is 1.79. The Kier molecular flexibility index (Phi) is 2.86. The topological polar surface area (TPSA) is 12.0 Å². The Balaban J connectivity index is 2.11. The maximum atomic E-state index is 4.33. The molecule has 1 nitrogen and oxygen atoms in total. The zero-order chi connectivity index (χ0) is 6.69. The Morgan fingerprint density at radius 2 is 2.56 bits per heavy atom. The maximum absolute atomic E-state index is 4.33.